The van der Waals surface area contributed by atoms with E-state index in [9.17, 15) is 0 Å². The van der Waals surface area contributed by atoms with Crippen LogP contribution in [0.5, 0.6) is 34.5 Å². The van der Waals surface area contributed by atoms with Gasteiger partial charge in [0.25, 0.3) is 0 Å². The summed E-state index contributed by atoms with van der Waals surface area (Å²) in [7, 11) is -6.72. The van der Waals surface area contributed by atoms with Gasteiger partial charge in [-0.05, 0) is 0 Å². The SMILES string of the molecule is Clc1c(Cl)c(Cl)c2c(c1Cl)O[P-]13(O2)(Oc2c(Cl)c(Cl)c(Cl)c(Cl)c2O1)Oc1c(c2cccnc2c2ncccc12)O3. The molecule has 3 aliphatic rings. The fraction of sp³-hybridized carbons (Fsp3) is 0. The molecular formula is C24H6Cl8N2O6P-. The Kier molecular flexibility index (Phi) is 5.16. The second kappa shape index (κ2) is 7.94. The molecule has 210 valence electrons. The molecule has 2 aromatic heterocycles. The van der Waals surface area contributed by atoms with Crippen LogP contribution in [0.25, 0.3) is 21.8 Å². The zero-order valence-corrected chi connectivity index (χ0v) is 26.2. The van der Waals surface area contributed by atoms with Crippen LogP contribution < -0.4 is 27.1 Å². The average Bonchev–Trinajstić information content (AvgIpc) is 3.59. The van der Waals surface area contributed by atoms with Crippen LogP contribution in [0.3, 0.4) is 0 Å². The normalized spacial score (nSPS) is 19.4. The van der Waals surface area contributed by atoms with Crippen molar-refractivity contribution < 1.29 is 27.1 Å². The molecule has 0 saturated carbocycles. The minimum absolute atomic E-state index is 0.0682. The van der Waals surface area contributed by atoms with Gasteiger partial charge in [-0.25, -0.2) is 0 Å². The first-order valence-electron chi connectivity index (χ1n) is 11.2. The number of fused-ring (bicyclic) bond motifs is 8. The van der Waals surface area contributed by atoms with E-state index in [2.05, 4.69) is 9.97 Å². The Labute approximate surface area is 268 Å². The van der Waals surface area contributed by atoms with Crippen molar-refractivity contribution in [2.75, 3.05) is 0 Å². The van der Waals surface area contributed by atoms with Crippen molar-refractivity contribution in [2.45, 2.75) is 0 Å². The predicted molar refractivity (Wildman–Crippen MR) is 161 cm³/mol. The molecule has 1 spiro atoms. The first-order valence-corrected chi connectivity index (χ1v) is 16.4. The molecule has 8 rings (SSSR count). The quantitative estimate of drug-likeness (QED) is 0.0674. The van der Waals surface area contributed by atoms with Crippen molar-refractivity contribution in [3.63, 3.8) is 0 Å². The second-order valence-electron chi connectivity index (χ2n) is 8.95. The standard InChI is InChI=1S/C24H6Cl8N2O6P/c25-9-10(26)14(30)22-21(13(9)29)37-41(38-22,39-23-15(31)11(27)12(28)16(32)24(23)40-41)35-19-7-3-1-5-33-17(7)18-8(20(19)36-41)4-2-6-34-18/h1-6H/q-1. The molecule has 0 aliphatic carbocycles. The molecular weight excluding hydrogens is 727 g/mol. The maximum absolute atomic E-state index is 6.72. The van der Waals surface area contributed by atoms with Crippen LogP contribution in [0.2, 0.25) is 40.2 Å². The Hall–Kier alpha value is -1.97. The number of nitrogens with zero attached hydrogens (tertiary/aromatic N) is 2. The van der Waals surface area contributed by atoms with E-state index in [0.29, 0.717) is 21.8 Å². The van der Waals surface area contributed by atoms with E-state index in [1.807, 2.05) is 0 Å². The molecule has 0 bridgehead atoms. The summed E-state index contributed by atoms with van der Waals surface area (Å²) in [4.78, 5) is 8.99. The summed E-state index contributed by atoms with van der Waals surface area (Å²) >= 11 is 51.7. The van der Waals surface area contributed by atoms with Crippen LogP contribution in [-0.2, 0) is 0 Å². The van der Waals surface area contributed by atoms with Crippen molar-refractivity contribution in [2.24, 2.45) is 0 Å². The van der Waals surface area contributed by atoms with Gasteiger partial charge in [-0.3, -0.25) is 0 Å². The molecule has 17 heteroatoms. The summed E-state index contributed by atoms with van der Waals surface area (Å²) in [5.74, 6) is -0.876. The van der Waals surface area contributed by atoms with Crippen LogP contribution >= 0.6 is 100 Å². The minimum atomic E-state index is -6.72. The van der Waals surface area contributed by atoms with Gasteiger partial charge in [0.2, 0.25) is 0 Å². The van der Waals surface area contributed by atoms with Crippen LogP contribution in [0.1, 0.15) is 0 Å². The van der Waals surface area contributed by atoms with E-state index in [4.69, 9.17) is 120 Å². The van der Waals surface area contributed by atoms with Gasteiger partial charge in [-0.15, -0.1) is 0 Å². The van der Waals surface area contributed by atoms with Gasteiger partial charge in [-0.1, -0.05) is 0 Å². The van der Waals surface area contributed by atoms with Crippen LogP contribution in [0, 0.1) is 0 Å². The van der Waals surface area contributed by atoms with E-state index in [1.165, 1.54) is 0 Å². The predicted octanol–water partition coefficient (Wildman–Crippen LogP) is 11.3. The van der Waals surface area contributed by atoms with E-state index < -0.39 is 7.31 Å². The molecule has 8 nitrogen and oxygen atoms in total. The van der Waals surface area contributed by atoms with E-state index in [0.717, 1.165) is 0 Å². The summed E-state index contributed by atoms with van der Waals surface area (Å²) in [6, 6.07) is 6.82. The van der Waals surface area contributed by atoms with Gasteiger partial charge in [-0.2, -0.15) is 0 Å². The molecule has 0 N–H and O–H groups in total. The number of rotatable bonds is 0. The Morgan fingerprint density at radius 1 is 0.415 bits per heavy atom. The van der Waals surface area contributed by atoms with E-state index in [-0.39, 0.29) is 74.7 Å². The number of hydrogen-bond donors (Lipinski definition) is 0. The number of benzene rings is 3. The maximum atomic E-state index is 6.61. The zero-order chi connectivity index (χ0) is 28.7. The van der Waals surface area contributed by atoms with Crippen LogP contribution in [0.15, 0.2) is 36.7 Å². The summed E-state index contributed by atoms with van der Waals surface area (Å²) in [5.41, 5.74) is 0.941. The molecule has 5 heterocycles. The Morgan fingerprint density at radius 2 is 0.707 bits per heavy atom. The Balaban J connectivity index is 1.51. The van der Waals surface area contributed by atoms with Crippen LogP contribution in [0.4, 0.5) is 0 Å². The number of aromatic nitrogens is 2. The van der Waals surface area contributed by atoms with Crippen molar-refractivity contribution in [3.05, 3.63) is 76.8 Å². The molecule has 0 saturated heterocycles. The third-order valence-corrected chi connectivity index (χ3v) is 13.4. The second-order valence-corrected chi connectivity index (χ2v) is 15.3. The van der Waals surface area contributed by atoms with Crippen molar-refractivity contribution in [1.82, 2.24) is 9.97 Å². The fourth-order valence-electron chi connectivity index (χ4n) is 4.89. The van der Waals surface area contributed by atoms with Crippen molar-refractivity contribution >= 4 is 122 Å². The van der Waals surface area contributed by atoms with E-state index in [1.54, 1.807) is 36.7 Å². The third kappa shape index (κ3) is 3.11. The molecule has 41 heavy (non-hydrogen) atoms. The molecule has 0 amide bonds. The van der Waals surface area contributed by atoms with Gasteiger partial charge in [0.05, 0.1) is 0 Å². The molecule has 0 atom stereocenters. The summed E-state index contributed by atoms with van der Waals surface area (Å²) in [6.45, 7) is 0. The average molecular weight is 733 g/mol. The Morgan fingerprint density at radius 3 is 1.02 bits per heavy atom. The molecule has 3 aromatic carbocycles. The van der Waals surface area contributed by atoms with Crippen LogP contribution in [-0.4, -0.2) is 9.97 Å². The molecule has 0 radical (unpaired) electrons. The number of pyridine rings is 2. The Bertz CT molecular complexity index is 1890. The van der Waals surface area contributed by atoms with Gasteiger partial charge in [0, 0.05) is 0 Å². The van der Waals surface area contributed by atoms with Gasteiger partial charge in [0.1, 0.15) is 0 Å². The molecule has 5 aromatic rings. The topological polar surface area (TPSA) is 81.2 Å². The van der Waals surface area contributed by atoms with Crippen molar-refractivity contribution in [3.8, 4) is 34.5 Å². The summed E-state index contributed by atoms with van der Waals surface area (Å²) in [5, 5.41) is -0.496. The molecule has 3 aliphatic heterocycles. The fourth-order valence-corrected chi connectivity index (χ4v) is 10.7. The molecule has 0 unspecified atom stereocenters. The third-order valence-electron chi connectivity index (χ3n) is 6.57. The monoisotopic (exact) mass is 729 g/mol. The van der Waals surface area contributed by atoms with Gasteiger partial charge >= 0.3 is 270 Å². The molecule has 0 fully saturated rings. The first-order chi connectivity index (χ1) is 19.4. The summed E-state index contributed by atoms with van der Waals surface area (Å²) < 4.78 is 38.9. The summed E-state index contributed by atoms with van der Waals surface area (Å²) in [6.07, 6.45) is 3.20. The zero-order valence-electron chi connectivity index (χ0n) is 19.3. The van der Waals surface area contributed by atoms with Gasteiger partial charge < -0.3 is 0 Å². The number of halogens is 8. The number of hydrogen-bond acceptors (Lipinski definition) is 8. The first kappa shape index (κ1) is 26.6. The van der Waals surface area contributed by atoms with Crippen molar-refractivity contribution in [1.29, 1.82) is 0 Å². The van der Waals surface area contributed by atoms with E-state index >= 15 is 0 Å². The van der Waals surface area contributed by atoms with Gasteiger partial charge in [0.15, 0.2) is 0 Å².